The van der Waals surface area contributed by atoms with Crippen molar-refractivity contribution in [1.82, 2.24) is 10.2 Å². The molecule has 0 aromatic heterocycles. The van der Waals surface area contributed by atoms with Crippen LogP contribution in [0.25, 0.3) is 0 Å². The first-order chi connectivity index (χ1) is 7.19. The van der Waals surface area contributed by atoms with Crippen LogP contribution in [0.4, 0.5) is 4.79 Å². The van der Waals surface area contributed by atoms with Crippen LogP contribution in [0.15, 0.2) is 0 Å². The molecular formula is C11H25N3O. The van der Waals surface area contributed by atoms with Crippen LogP contribution in [0.2, 0.25) is 0 Å². The molecule has 0 saturated carbocycles. The van der Waals surface area contributed by atoms with Crippen LogP contribution in [0.3, 0.4) is 0 Å². The average molecular weight is 215 g/mol. The van der Waals surface area contributed by atoms with Crippen molar-refractivity contribution in [1.29, 1.82) is 0 Å². The lowest BCUT2D eigenvalue weighted by atomic mass is 10.1. The molecule has 0 spiro atoms. The summed E-state index contributed by atoms with van der Waals surface area (Å²) in [6.07, 6.45) is 3.22. The summed E-state index contributed by atoms with van der Waals surface area (Å²) in [5.74, 6) is 0. The van der Waals surface area contributed by atoms with Gasteiger partial charge in [0.2, 0.25) is 0 Å². The van der Waals surface area contributed by atoms with Gasteiger partial charge in [-0.25, -0.2) is 4.79 Å². The summed E-state index contributed by atoms with van der Waals surface area (Å²) in [7, 11) is 0. The van der Waals surface area contributed by atoms with E-state index < -0.39 is 0 Å². The lowest BCUT2D eigenvalue weighted by Gasteiger charge is -2.23. The van der Waals surface area contributed by atoms with Crippen molar-refractivity contribution < 1.29 is 4.79 Å². The molecule has 4 heteroatoms. The summed E-state index contributed by atoms with van der Waals surface area (Å²) >= 11 is 0. The maximum atomic E-state index is 11.7. The molecule has 0 fully saturated rings. The van der Waals surface area contributed by atoms with Gasteiger partial charge in [-0.2, -0.15) is 0 Å². The Kier molecular flexibility index (Phi) is 8.09. The van der Waals surface area contributed by atoms with E-state index in [1.54, 1.807) is 4.90 Å². The fourth-order valence-electron chi connectivity index (χ4n) is 1.48. The average Bonchev–Trinajstić information content (AvgIpc) is 2.25. The summed E-state index contributed by atoms with van der Waals surface area (Å²) in [6.45, 7) is 8.10. The van der Waals surface area contributed by atoms with Crippen molar-refractivity contribution in [3.8, 4) is 0 Å². The van der Waals surface area contributed by atoms with Crippen LogP contribution >= 0.6 is 0 Å². The first-order valence-corrected chi connectivity index (χ1v) is 5.94. The molecule has 1 atom stereocenters. The van der Waals surface area contributed by atoms with Crippen LogP contribution < -0.4 is 11.1 Å². The molecular weight excluding hydrogens is 190 g/mol. The number of hydrogen-bond acceptors (Lipinski definition) is 2. The highest BCUT2D eigenvalue weighted by molar-refractivity contribution is 5.74. The monoisotopic (exact) mass is 215 g/mol. The van der Waals surface area contributed by atoms with Gasteiger partial charge < -0.3 is 16.0 Å². The molecule has 0 aliphatic rings. The minimum absolute atomic E-state index is 0.00607. The predicted octanol–water partition coefficient (Wildman–Crippen LogP) is 1.56. The molecule has 0 heterocycles. The molecule has 0 aliphatic carbocycles. The van der Waals surface area contributed by atoms with Crippen LogP contribution in [0.5, 0.6) is 0 Å². The van der Waals surface area contributed by atoms with Crippen LogP contribution in [0, 0.1) is 0 Å². The van der Waals surface area contributed by atoms with E-state index in [4.69, 9.17) is 5.73 Å². The number of nitrogens with one attached hydrogen (secondary N) is 1. The Bertz CT molecular complexity index is 169. The normalized spacial score (nSPS) is 12.3. The van der Waals surface area contributed by atoms with E-state index in [0.717, 1.165) is 32.4 Å². The van der Waals surface area contributed by atoms with Crippen molar-refractivity contribution in [2.45, 2.75) is 46.1 Å². The molecule has 0 radical (unpaired) electrons. The van der Waals surface area contributed by atoms with Crippen molar-refractivity contribution in [2.24, 2.45) is 5.73 Å². The van der Waals surface area contributed by atoms with Crippen LogP contribution in [-0.4, -0.2) is 36.6 Å². The van der Waals surface area contributed by atoms with Gasteiger partial charge in [0.25, 0.3) is 0 Å². The number of carbonyl (C=O) groups excluding carboxylic acids is 1. The molecule has 90 valence electrons. The lowest BCUT2D eigenvalue weighted by molar-refractivity contribution is 0.198. The summed E-state index contributed by atoms with van der Waals surface area (Å²) < 4.78 is 0. The number of amides is 2. The molecule has 3 N–H and O–H groups in total. The predicted molar refractivity (Wildman–Crippen MR) is 63.8 cm³/mol. The maximum absolute atomic E-state index is 11.7. The Morgan fingerprint density at radius 1 is 1.33 bits per heavy atom. The van der Waals surface area contributed by atoms with Crippen molar-refractivity contribution in [2.75, 3.05) is 19.6 Å². The van der Waals surface area contributed by atoms with Crippen molar-refractivity contribution in [3.05, 3.63) is 0 Å². The molecule has 0 aliphatic heterocycles. The van der Waals surface area contributed by atoms with Gasteiger partial charge in [0.15, 0.2) is 0 Å². The highest BCUT2D eigenvalue weighted by Gasteiger charge is 2.13. The lowest BCUT2D eigenvalue weighted by Crippen LogP contribution is -2.47. The Morgan fingerprint density at radius 2 is 1.93 bits per heavy atom. The van der Waals surface area contributed by atoms with Crippen molar-refractivity contribution in [3.63, 3.8) is 0 Å². The van der Waals surface area contributed by atoms with Gasteiger partial charge in [-0.15, -0.1) is 0 Å². The molecule has 0 saturated heterocycles. The number of carbonyl (C=O) groups is 1. The minimum Gasteiger partial charge on any atom is -0.334 e. The highest BCUT2D eigenvalue weighted by Crippen LogP contribution is 2.00. The number of unbranched alkanes of at least 4 members (excludes halogenated alkanes) is 1. The van der Waals surface area contributed by atoms with E-state index >= 15 is 0 Å². The summed E-state index contributed by atoms with van der Waals surface area (Å²) in [5.41, 5.74) is 5.61. The molecule has 0 rings (SSSR count). The molecule has 2 amide bonds. The van der Waals surface area contributed by atoms with E-state index in [0.29, 0.717) is 6.54 Å². The van der Waals surface area contributed by atoms with Gasteiger partial charge in [-0.3, -0.25) is 0 Å². The third-order valence-corrected chi connectivity index (χ3v) is 2.57. The topological polar surface area (TPSA) is 58.4 Å². The molecule has 15 heavy (non-hydrogen) atoms. The Labute approximate surface area is 93.2 Å². The second-order valence-corrected chi connectivity index (χ2v) is 3.70. The summed E-state index contributed by atoms with van der Waals surface area (Å²) in [5, 5.41) is 2.97. The van der Waals surface area contributed by atoms with Gasteiger partial charge in [0.05, 0.1) is 0 Å². The second-order valence-electron chi connectivity index (χ2n) is 3.70. The quantitative estimate of drug-likeness (QED) is 0.677. The SMILES string of the molecule is CCCCC(CN)NC(=O)N(CC)CC. The van der Waals surface area contributed by atoms with E-state index in [1.807, 2.05) is 13.8 Å². The zero-order valence-electron chi connectivity index (χ0n) is 10.3. The Hall–Kier alpha value is -0.770. The van der Waals surface area contributed by atoms with E-state index in [9.17, 15) is 4.79 Å². The van der Waals surface area contributed by atoms with Crippen LogP contribution in [-0.2, 0) is 0 Å². The number of rotatable bonds is 7. The number of hydrogen-bond donors (Lipinski definition) is 2. The standard InChI is InChI=1S/C11H25N3O/c1-4-7-8-10(9-12)13-11(15)14(5-2)6-3/h10H,4-9,12H2,1-3H3,(H,13,15). The largest absolute Gasteiger partial charge is 0.334 e. The Balaban J connectivity index is 3.98. The van der Waals surface area contributed by atoms with E-state index in [-0.39, 0.29) is 12.1 Å². The third-order valence-electron chi connectivity index (χ3n) is 2.57. The van der Waals surface area contributed by atoms with Gasteiger partial charge in [0, 0.05) is 25.7 Å². The number of nitrogens with zero attached hydrogens (tertiary/aromatic N) is 1. The van der Waals surface area contributed by atoms with E-state index in [2.05, 4.69) is 12.2 Å². The molecule has 0 bridgehead atoms. The molecule has 0 aromatic rings. The summed E-state index contributed by atoms with van der Waals surface area (Å²) in [6, 6.07) is 0.129. The van der Waals surface area contributed by atoms with Crippen molar-refractivity contribution >= 4 is 6.03 Å². The first kappa shape index (κ1) is 14.2. The van der Waals surface area contributed by atoms with E-state index in [1.165, 1.54) is 0 Å². The molecule has 4 nitrogen and oxygen atoms in total. The third kappa shape index (κ3) is 5.62. The Morgan fingerprint density at radius 3 is 2.33 bits per heavy atom. The molecule has 1 unspecified atom stereocenters. The van der Waals surface area contributed by atoms with Gasteiger partial charge in [0.1, 0.15) is 0 Å². The maximum Gasteiger partial charge on any atom is 0.317 e. The van der Waals surface area contributed by atoms with Gasteiger partial charge in [-0.1, -0.05) is 19.8 Å². The highest BCUT2D eigenvalue weighted by atomic mass is 16.2. The molecule has 0 aromatic carbocycles. The number of nitrogens with two attached hydrogens (primary N) is 1. The fraction of sp³-hybridized carbons (Fsp3) is 0.909. The zero-order chi connectivity index (χ0) is 11.7. The summed E-state index contributed by atoms with van der Waals surface area (Å²) in [4.78, 5) is 13.5. The van der Waals surface area contributed by atoms with Gasteiger partial charge >= 0.3 is 6.03 Å². The fourth-order valence-corrected chi connectivity index (χ4v) is 1.48. The van der Waals surface area contributed by atoms with Gasteiger partial charge in [-0.05, 0) is 20.3 Å². The zero-order valence-corrected chi connectivity index (χ0v) is 10.3. The smallest absolute Gasteiger partial charge is 0.317 e. The minimum atomic E-state index is 0.00607. The van der Waals surface area contributed by atoms with Crippen LogP contribution in [0.1, 0.15) is 40.0 Å². The number of urea groups is 1. The second kappa shape index (κ2) is 8.53. The first-order valence-electron chi connectivity index (χ1n) is 5.94.